The normalized spacial score (nSPS) is 9.40. The van der Waals surface area contributed by atoms with Crippen molar-refractivity contribution < 1.29 is 0 Å². The van der Waals surface area contributed by atoms with E-state index in [2.05, 4.69) is 15.3 Å². The Bertz CT molecular complexity index is 368. The van der Waals surface area contributed by atoms with Crippen molar-refractivity contribution in [3.63, 3.8) is 0 Å². The van der Waals surface area contributed by atoms with Crippen molar-refractivity contribution in [2.24, 2.45) is 4.99 Å². The van der Waals surface area contributed by atoms with Crippen LogP contribution in [0.15, 0.2) is 29.4 Å². The van der Waals surface area contributed by atoms with Gasteiger partial charge in [-0.3, -0.25) is 4.99 Å². The molecular weight excluding hydrogens is 365 g/mol. The van der Waals surface area contributed by atoms with Crippen molar-refractivity contribution >= 4 is 35.8 Å². The highest BCUT2D eigenvalue weighted by Crippen LogP contribution is 2.00. The SMILES string of the molecule is CN(C)C(=NCCCCNc1ccccn1)N(C)C.I. The average Bonchev–Trinajstić information content (AvgIpc) is 2.38. The van der Waals surface area contributed by atoms with Crippen LogP contribution in [0.4, 0.5) is 5.82 Å². The minimum atomic E-state index is 0. The summed E-state index contributed by atoms with van der Waals surface area (Å²) < 4.78 is 0. The van der Waals surface area contributed by atoms with Crippen molar-refractivity contribution in [3.05, 3.63) is 24.4 Å². The standard InChI is InChI=1S/C14H25N5.HI/c1-18(2)14(19(3)4)17-12-8-7-11-16-13-9-5-6-10-15-13;/h5-6,9-10H,7-8,11-12H2,1-4H3,(H,15,16);1H. The Morgan fingerprint density at radius 3 is 2.40 bits per heavy atom. The number of halogens is 1. The summed E-state index contributed by atoms with van der Waals surface area (Å²) in [6.45, 7) is 1.79. The molecule has 0 radical (unpaired) electrons. The highest BCUT2D eigenvalue weighted by molar-refractivity contribution is 14.0. The van der Waals surface area contributed by atoms with Crippen LogP contribution in [0.1, 0.15) is 12.8 Å². The monoisotopic (exact) mass is 391 g/mol. The molecular formula is C14H26IN5. The lowest BCUT2D eigenvalue weighted by Crippen LogP contribution is -2.35. The van der Waals surface area contributed by atoms with Crippen LogP contribution >= 0.6 is 24.0 Å². The van der Waals surface area contributed by atoms with Gasteiger partial charge >= 0.3 is 0 Å². The van der Waals surface area contributed by atoms with Gasteiger partial charge in [-0.2, -0.15) is 0 Å². The number of guanidine groups is 1. The molecule has 0 saturated heterocycles. The number of pyridine rings is 1. The van der Waals surface area contributed by atoms with E-state index in [0.29, 0.717) is 0 Å². The van der Waals surface area contributed by atoms with Crippen molar-refractivity contribution in [3.8, 4) is 0 Å². The maximum absolute atomic E-state index is 4.59. The van der Waals surface area contributed by atoms with Gasteiger partial charge in [-0.05, 0) is 25.0 Å². The van der Waals surface area contributed by atoms with Gasteiger partial charge in [0.1, 0.15) is 5.82 Å². The largest absolute Gasteiger partial charge is 0.370 e. The molecule has 5 nitrogen and oxygen atoms in total. The Morgan fingerprint density at radius 2 is 1.85 bits per heavy atom. The quantitative estimate of drug-likeness (QED) is 0.350. The highest BCUT2D eigenvalue weighted by atomic mass is 127. The molecule has 0 aliphatic heterocycles. The molecule has 20 heavy (non-hydrogen) atoms. The lowest BCUT2D eigenvalue weighted by Gasteiger charge is -2.22. The molecule has 0 aromatic carbocycles. The number of aliphatic imine (C=N–C) groups is 1. The van der Waals surface area contributed by atoms with Crippen LogP contribution < -0.4 is 5.32 Å². The second-order valence-corrected chi connectivity index (χ2v) is 4.82. The molecule has 1 N–H and O–H groups in total. The molecule has 0 spiro atoms. The van der Waals surface area contributed by atoms with Gasteiger partial charge in [-0.25, -0.2) is 4.98 Å². The maximum Gasteiger partial charge on any atom is 0.195 e. The van der Waals surface area contributed by atoms with E-state index < -0.39 is 0 Å². The van der Waals surface area contributed by atoms with Gasteiger partial charge in [0, 0.05) is 47.5 Å². The van der Waals surface area contributed by atoms with Crippen LogP contribution in [0.3, 0.4) is 0 Å². The third kappa shape index (κ3) is 7.52. The summed E-state index contributed by atoms with van der Waals surface area (Å²) >= 11 is 0. The van der Waals surface area contributed by atoms with Crippen LogP contribution in [0.2, 0.25) is 0 Å². The van der Waals surface area contributed by atoms with Gasteiger partial charge in [0.15, 0.2) is 5.96 Å². The topological polar surface area (TPSA) is 43.8 Å². The molecule has 0 unspecified atom stereocenters. The lowest BCUT2D eigenvalue weighted by atomic mass is 10.3. The van der Waals surface area contributed by atoms with Crippen molar-refractivity contribution in [1.82, 2.24) is 14.8 Å². The Hall–Kier alpha value is -1.05. The molecule has 0 aliphatic carbocycles. The molecule has 0 atom stereocenters. The first-order valence-corrected chi connectivity index (χ1v) is 6.65. The molecule has 1 aromatic heterocycles. The number of nitrogens with one attached hydrogen (secondary N) is 1. The van der Waals surface area contributed by atoms with Gasteiger partial charge in [-0.15, -0.1) is 24.0 Å². The predicted molar refractivity (Wildman–Crippen MR) is 97.1 cm³/mol. The van der Waals surface area contributed by atoms with Crippen molar-refractivity contribution in [2.75, 3.05) is 46.6 Å². The van der Waals surface area contributed by atoms with E-state index in [9.17, 15) is 0 Å². The summed E-state index contributed by atoms with van der Waals surface area (Å²) in [5.74, 6) is 1.95. The minimum Gasteiger partial charge on any atom is -0.370 e. The maximum atomic E-state index is 4.59. The second kappa shape index (κ2) is 10.7. The first-order chi connectivity index (χ1) is 9.11. The van der Waals surface area contributed by atoms with Crippen LogP contribution in [-0.4, -0.2) is 62.0 Å². The van der Waals surface area contributed by atoms with E-state index in [1.54, 1.807) is 6.20 Å². The highest BCUT2D eigenvalue weighted by Gasteiger charge is 2.02. The number of unbranched alkanes of at least 4 members (excludes halogenated alkanes) is 1. The third-order valence-electron chi connectivity index (χ3n) is 2.61. The summed E-state index contributed by atoms with van der Waals surface area (Å²) in [4.78, 5) is 12.9. The van der Waals surface area contributed by atoms with Gasteiger partial charge < -0.3 is 15.1 Å². The summed E-state index contributed by atoms with van der Waals surface area (Å²) in [7, 11) is 8.06. The molecule has 0 fully saturated rings. The number of aromatic nitrogens is 1. The van der Waals surface area contributed by atoms with E-state index >= 15 is 0 Å². The predicted octanol–water partition coefficient (Wildman–Crippen LogP) is 2.37. The molecule has 0 aliphatic rings. The summed E-state index contributed by atoms with van der Waals surface area (Å²) in [6, 6.07) is 5.89. The average molecular weight is 391 g/mol. The zero-order valence-electron chi connectivity index (χ0n) is 12.8. The molecule has 1 aromatic rings. The number of hydrogen-bond donors (Lipinski definition) is 1. The molecule has 114 valence electrons. The Morgan fingerprint density at radius 1 is 1.15 bits per heavy atom. The Labute approximate surface area is 139 Å². The summed E-state index contributed by atoms with van der Waals surface area (Å²) in [5, 5.41) is 3.30. The smallest absolute Gasteiger partial charge is 0.195 e. The van der Waals surface area contributed by atoms with Crippen molar-refractivity contribution in [2.45, 2.75) is 12.8 Å². The third-order valence-corrected chi connectivity index (χ3v) is 2.61. The van der Waals surface area contributed by atoms with E-state index in [4.69, 9.17) is 0 Å². The molecule has 0 saturated carbocycles. The van der Waals surface area contributed by atoms with Crippen LogP contribution in [0, 0.1) is 0 Å². The molecule has 0 amide bonds. The van der Waals surface area contributed by atoms with Crippen LogP contribution in [0.5, 0.6) is 0 Å². The molecule has 1 heterocycles. The first kappa shape index (κ1) is 18.9. The van der Waals surface area contributed by atoms with E-state index in [1.807, 2.05) is 56.2 Å². The van der Waals surface area contributed by atoms with Gasteiger partial charge in [0.05, 0.1) is 0 Å². The fourth-order valence-corrected chi connectivity index (χ4v) is 1.78. The van der Waals surface area contributed by atoms with E-state index in [1.165, 1.54) is 0 Å². The van der Waals surface area contributed by atoms with E-state index in [-0.39, 0.29) is 24.0 Å². The van der Waals surface area contributed by atoms with E-state index in [0.717, 1.165) is 37.7 Å². The lowest BCUT2D eigenvalue weighted by molar-refractivity contribution is 0.478. The minimum absolute atomic E-state index is 0. The number of nitrogens with zero attached hydrogens (tertiary/aromatic N) is 4. The number of hydrogen-bond acceptors (Lipinski definition) is 3. The number of rotatable bonds is 6. The molecule has 1 rings (SSSR count). The van der Waals surface area contributed by atoms with Crippen molar-refractivity contribution in [1.29, 1.82) is 0 Å². The van der Waals surface area contributed by atoms with Crippen LogP contribution in [0.25, 0.3) is 0 Å². The summed E-state index contributed by atoms with van der Waals surface area (Å²) in [5.41, 5.74) is 0. The fourth-order valence-electron chi connectivity index (χ4n) is 1.78. The fraction of sp³-hybridized carbons (Fsp3) is 0.571. The zero-order chi connectivity index (χ0) is 14.1. The zero-order valence-corrected chi connectivity index (χ0v) is 15.2. The van der Waals surface area contributed by atoms with Crippen LogP contribution in [-0.2, 0) is 0 Å². The molecule has 0 bridgehead atoms. The Kier molecular flexibility index (Phi) is 10.1. The molecule has 6 heteroatoms. The second-order valence-electron chi connectivity index (χ2n) is 4.82. The first-order valence-electron chi connectivity index (χ1n) is 6.65. The van der Waals surface area contributed by atoms with Gasteiger partial charge in [-0.1, -0.05) is 6.07 Å². The summed E-state index contributed by atoms with van der Waals surface area (Å²) in [6.07, 6.45) is 3.96. The van der Waals surface area contributed by atoms with Gasteiger partial charge in [0.25, 0.3) is 0 Å². The number of anilines is 1. The Balaban J connectivity index is 0.00000361. The van der Waals surface area contributed by atoms with Gasteiger partial charge in [0.2, 0.25) is 0 Å².